The Bertz CT molecular complexity index is 1360. The van der Waals surface area contributed by atoms with Crippen LogP contribution in [0, 0.1) is 0 Å². The molecule has 0 saturated carbocycles. The molecular weight excluding hydrogens is 412 g/mol. The lowest BCUT2D eigenvalue weighted by Crippen LogP contribution is -2.33. The number of phenolic OH excluding ortho intramolecular Hbond substituents is 2. The Morgan fingerprint density at radius 3 is 2.12 bits per heavy atom. The van der Waals surface area contributed by atoms with Crippen LogP contribution in [-0.4, -0.2) is 31.1 Å². The molecule has 0 fully saturated rings. The van der Waals surface area contributed by atoms with Crippen molar-refractivity contribution in [2.24, 2.45) is 0 Å². The van der Waals surface area contributed by atoms with Crippen molar-refractivity contribution >= 4 is 17.6 Å². The number of aromatic nitrogens is 3. The van der Waals surface area contributed by atoms with Gasteiger partial charge in [-0.25, -0.2) is 19.7 Å². The fraction of sp³-hybridized carbons (Fsp3) is 0.0435. The molecule has 32 heavy (non-hydrogen) atoms. The summed E-state index contributed by atoms with van der Waals surface area (Å²) in [4.78, 5) is 24.9. The molecule has 9 nitrogen and oxygen atoms in total. The SMILES string of the molecule is O=C1OC2(c3ccc(O)cc3Oc3cc(O)ccc32)c2cc(Nc3ncncn3)ccc21. The van der Waals surface area contributed by atoms with Crippen LogP contribution in [0.2, 0.25) is 0 Å². The van der Waals surface area contributed by atoms with E-state index < -0.39 is 11.6 Å². The van der Waals surface area contributed by atoms with Crippen LogP contribution >= 0.6 is 0 Å². The maximum Gasteiger partial charge on any atom is 0.340 e. The van der Waals surface area contributed by atoms with E-state index in [0.29, 0.717) is 45.4 Å². The number of hydrogen-bond donors (Lipinski definition) is 3. The van der Waals surface area contributed by atoms with Crippen LogP contribution in [0.1, 0.15) is 27.0 Å². The average molecular weight is 426 g/mol. The zero-order chi connectivity index (χ0) is 21.9. The Hall–Kier alpha value is -4.66. The Labute approximate surface area is 181 Å². The Balaban J connectivity index is 1.60. The molecule has 0 aliphatic carbocycles. The molecule has 0 atom stereocenters. The summed E-state index contributed by atoms with van der Waals surface area (Å²) in [6, 6.07) is 14.4. The monoisotopic (exact) mass is 426 g/mol. The minimum atomic E-state index is -1.33. The van der Waals surface area contributed by atoms with Gasteiger partial charge in [-0.1, -0.05) is 0 Å². The number of esters is 1. The first-order valence-electron chi connectivity index (χ1n) is 9.66. The fourth-order valence-electron chi connectivity index (χ4n) is 4.21. The van der Waals surface area contributed by atoms with Gasteiger partial charge in [0.15, 0.2) is 5.60 Å². The molecule has 2 aliphatic heterocycles. The fourth-order valence-corrected chi connectivity index (χ4v) is 4.21. The molecule has 1 spiro atoms. The van der Waals surface area contributed by atoms with Gasteiger partial charge in [0.25, 0.3) is 0 Å². The minimum absolute atomic E-state index is 0.00250. The van der Waals surface area contributed by atoms with Gasteiger partial charge in [-0.3, -0.25) is 0 Å². The van der Waals surface area contributed by atoms with Crippen molar-refractivity contribution < 1.29 is 24.5 Å². The molecule has 0 bridgehead atoms. The lowest BCUT2D eigenvalue weighted by atomic mass is 9.77. The number of carbonyl (C=O) groups excluding carboxylic acids is 1. The molecule has 4 aromatic rings. The summed E-state index contributed by atoms with van der Waals surface area (Å²) < 4.78 is 12.0. The lowest BCUT2D eigenvalue weighted by molar-refractivity contribution is 0.0224. The summed E-state index contributed by atoms with van der Waals surface area (Å²) in [5.41, 5.74) is 1.40. The molecule has 0 saturated heterocycles. The molecule has 3 aromatic carbocycles. The van der Waals surface area contributed by atoms with E-state index in [2.05, 4.69) is 20.3 Å². The van der Waals surface area contributed by atoms with Crippen molar-refractivity contribution in [1.29, 1.82) is 0 Å². The van der Waals surface area contributed by atoms with Gasteiger partial charge in [-0.2, -0.15) is 0 Å². The number of fused-ring (bicyclic) bond motifs is 6. The minimum Gasteiger partial charge on any atom is -0.508 e. The smallest absolute Gasteiger partial charge is 0.340 e. The second-order valence-electron chi connectivity index (χ2n) is 7.38. The van der Waals surface area contributed by atoms with E-state index in [4.69, 9.17) is 9.47 Å². The quantitative estimate of drug-likeness (QED) is 0.412. The first-order valence-corrected chi connectivity index (χ1v) is 9.66. The molecule has 6 rings (SSSR count). The normalized spacial score (nSPS) is 14.7. The predicted octanol–water partition coefficient (Wildman–Crippen LogP) is 3.59. The van der Waals surface area contributed by atoms with Crippen LogP contribution < -0.4 is 10.1 Å². The zero-order valence-corrected chi connectivity index (χ0v) is 16.3. The highest BCUT2D eigenvalue weighted by Crippen LogP contribution is 2.57. The van der Waals surface area contributed by atoms with E-state index in [9.17, 15) is 15.0 Å². The molecule has 0 unspecified atom stereocenters. The lowest BCUT2D eigenvalue weighted by Gasteiger charge is -2.36. The molecular formula is C23H14N4O5. The Morgan fingerprint density at radius 2 is 1.47 bits per heavy atom. The van der Waals surface area contributed by atoms with Crippen LogP contribution in [0.25, 0.3) is 0 Å². The first-order chi connectivity index (χ1) is 15.5. The summed E-state index contributed by atoms with van der Waals surface area (Å²) in [6.45, 7) is 0. The number of anilines is 2. The van der Waals surface area contributed by atoms with Gasteiger partial charge in [0.1, 0.15) is 35.7 Å². The van der Waals surface area contributed by atoms with Crippen molar-refractivity contribution in [3.63, 3.8) is 0 Å². The van der Waals surface area contributed by atoms with Crippen molar-refractivity contribution in [3.8, 4) is 23.0 Å². The number of nitrogens with one attached hydrogen (secondary N) is 1. The molecule has 2 aliphatic rings. The molecule has 9 heteroatoms. The van der Waals surface area contributed by atoms with Crippen LogP contribution in [-0.2, 0) is 10.3 Å². The Kier molecular flexibility index (Phi) is 3.64. The molecule has 156 valence electrons. The summed E-state index contributed by atoms with van der Waals surface area (Å²) >= 11 is 0. The van der Waals surface area contributed by atoms with Gasteiger partial charge >= 0.3 is 5.97 Å². The van der Waals surface area contributed by atoms with Crippen molar-refractivity contribution in [2.75, 3.05) is 5.32 Å². The number of carbonyl (C=O) groups is 1. The van der Waals surface area contributed by atoms with Crippen molar-refractivity contribution in [2.45, 2.75) is 5.60 Å². The highest BCUT2D eigenvalue weighted by Gasteiger charge is 2.53. The van der Waals surface area contributed by atoms with E-state index in [0.717, 1.165) is 0 Å². The third-order valence-electron chi connectivity index (χ3n) is 5.52. The summed E-state index contributed by atoms with van der Waals surface area (Å²) in [5.74, 6) is 0.488. The van der Waals surface area contributed by atoms with Gasteiger partial charge in [-0.15, -0.1) is 0 Å². The molecule has 3 heterocycles. The highest BCUT2D eigenvalue weighted by molar-refractivity contribution is 5.97. The van der Waals surface area contributed by atoms with Crippen LogP contribution in [0.3, 0.4) is 0 Å². The van der Waals surface area contributed by atoms with Gasteiger partial charge in [-0.05, 0) is 42.5 Å². The maximum atomic E-state index is 12.9. The van der Waals surface area contributed by atoms with E-state index >= 15 is 0 Å². The third kappa shape index (κ3) is 2.51. The van der Waals surface area contributed by atoms with Crippen molar-refractivity contribution in [1.82, 2.24) is 15.0 Å². The number of aromatic hydroxyl groups is 2. The predicted molar refractivity (Wildman–Crippen MR) is 111 cm³/mol. The van der Waals surface area contributed by atoms with Crippen LogP contribution in [0.5, 0.6) is 23.0 Å². The number of hydrogen-bond acceptors (Lipinski definition) is 9. The third-order valence-corrected chi connectivity index (χ3v) is 5.52. The van der Waals surface area contributed by atoms with Crippen molar-refractivity contribution in [3.05, 3.63) is 89.5 Å². The number of ether oxygens (including phenoxy) is 2. The highest BCUT2D eigenvalue weighted by atomic mass is 16.6. The van der Waals surface area contributed by atoms with E-state index in [-0.39, 0.29) is 11.5 Å². The van der Waals surface area contributed by atoms with E-state index in [1.54, 1.807) is 30.3 Å². The molecule has 0 radical (unpaired) electrons. The second-order valence-corrected chi connectivity index (χ2v) is 7.38. The van der Waals surface area contributed by atoms with Gasteiger partial charge in [0, 0.05) is 34.5 Å². The average Bonchev–Trinajstić information content (AvgIpc) is 3.06. The van der Waals surface area contributed by atoms with Gasteiger partial charge in [0.2, 0.25) is 5.95 Å². The summed E-state index contributed by atoms with van der Waals surface area (Å²) in [5, 5.41) is 23.1. The number of phenols is 2. The number of rotatable bonds is 2. The van der Waals surface area contributed by atoms with Gasteiger partial charge < -0.3 is 25.0 Å². The van der Waals surface area contributed by atoms with E-state index in [1.165, 1.54) is 36.9 Å². The van der Waals surface area contributed by atoms with E-state index in [1.807, 2.05) is 0 Å². The number of benzene rings is 3. The largest absolute Gasteiger partial charge is 0.508 e. The Morgan fingerprint density at radius 1 is 0.812 bits per heavy atom. The van der Waals surface area contributed by atoms with Gasteiger partial charge in [0.05, 0.1) is 5.56 Å². The molecule has 3 N–H and O–H groups in total. The first kappa shape index (κ1) is 18.1. The van der Waals surface area contributed by atoms with Crippen LogP contribution in [0.4, 0.5) is 11.6 Å². The molecule has 1 aromatic heterocycles. The zero-order valence-electron chi connectivity index (χ0n) is 16.3. The summed E-state index contributed by atoms with van der Waals surface area (Å²) in [7, 11) is 0. The van der Waals surface area contributed by atoms with Crippen LogP contribution in [0.15, 0.2) is 67.3 Å². The topological polar surface area (TPSA) is 127 Å². The summed E-state index contributed by atoms with van der Waals surface area (Å²) in [6.07, 6.45) is 2.75. The number of nitrogens with zero attached hydrogens (tertiary/aromatic N) is 3. The standard InChI is InChI=1S/C23H14N4O5/c28-13-2-5-16-19(8-13)31-20-9-14(29)3-6-17(20)23(16)18-7-12(1-4-15(18)21(30)32-23)27-22-25-10-24-11-26-22/h1-11,28-29H,(H,24,25,26,27). The molecule has 0 amide bonds. The maximum absolute atomic E-state index is 12.9. The second kappa shape index (κ2) is 6.42.